The van der Waals surface area contributed by atoms with E-state index in [4.69, 9.17) is 14.7 Å². The zero-order valence-electron chi connectivity index (χ0n) is 18.3. The van der Waals surface area contributed by atoms with Crippen LogP contribution in [0.5, 0.6) is 5.75 Å². The summed E-state index contributed by atoms with van der Waals surface area (Å²) in [5.41, 5.74) is 0.884. The normalized spacial score (nSPS) is 15.8. The van der Waals surface area contributed by atoms with Gasteiger partial charge in [-0.05, 0) is 45.9 Å². The van der Waals surface area contributed by atoms with Crippen molar-refractivity contribution in [1.29, 1.82) is 0 Å². The fraction of sp³-hybridized carbons (Fsp3) is 0.565. The smallest absolute Gasteiger partial charge is 0.163 e. The second-order valence-electron chi connectivity index (χ2n) is 8.29. The Labute approximate surface area is 179 Å². The molecule has 4 N–H and O–H groups in total. The molecule has 0 radical (unpaired) electrons. The molecule has 7 heteroatoms. The van der Waals surface area contributed by atoms with Gasteiger partial charge in [0.15, 0.2) is 5.82 Å². The Balaban J connectivity index is 1.80. The van der Waals surface area contributed by atoms with Gasteiger partial charge < -0.3 is 25.8 Å². The lowest BCUT2D eigenvalue weighted by Gasteiger charge is -2.24. The third-order valence-electron chi connectivity index (χ3n) is 5.09. The molecule has 30 heavy (non-hydrogen) atoms. The zero-order chi connectivity index (χ0) is 21.3. The summed E-state index contributed by atoms with van der Waals surface area (Å²) in [7, 11) is 1.80. The largest absolute Gasteiger partial charge is 0.491 e. The van der Waals surface area contributed by atoms with Crippen LogP contribution < -0.4 is 20.7 Å². The van der Waals surface area contributed by atoms with Crippen LogP contribution >= 0.6 is 0 Å². The van der Waals surface area contributed by atoms with Crippen molar-refractivity contribution in [3.05, 3.63) is 30.3 Å². The van der Waals surface area contributed by atoms with Gasteiger partial charge in [-0.25, -0.2) is 9.97 Å². The number of likely N-dealkylation sites (N-methyl/N-ethyl adjacent to an activating group) is 1. The van der Waals surface area contributed by atoms with Gasteiger partial charge in [-0.1, -0.05) is 31.4 Å². The molecular weight excluding hydrogens is 378 g/mol. The van der Waals surface area contributed by atoms with Crippen molar-refractivity contribution < 1.29 is 9.84 Å². The van der Waals surface area contributed by atoms with Crippen LogP contribution in [0.3, 0.4) is 0 Å². The van der Waals surface area contributed by atoms with E-state index in [9.17, 15) is 5.11 Å². The van der Waals surface area contributed by atoms with Crippen LogP contribution in [-0.2, 0) is 0 Å². The minimum absolute atomic E-state index is 0.231. The van der Waals surface area contributed by atoms with E-state index < -0.39 is 6.10 Å². The Kier molecular flexibility index (Phi) is 8.28. The summed E-state index contributed by atoms with van der Waals surface area (Å²) in [6.45, 7) is 4.92. The number of ether oxygens (including phenoxy) is 1. The Morgan fingerprint density at radius 1 is 1.10 bits per heavy atom. The van der Waals surface area contributed by atoms with Crippen molar-refractivity contribution in [2.75, 3.05) is 30.8 Å². The third-order valence-corrected chi connectivity index (χ3v) is 5.09. The van der Waals surface area contributed by atoms with E-state index >= 15 is 0 Å². The van der Waals surface area contributed by atoms with Crippen LogP contribution in [0.2, 0.25) is 0 Å². The van der Waals surface area contributed by atoms with Crippen molar-refractivity contribution in [2.24, 2.45) is 0 Å². The molecule has 3 rings (SSSR count). The van der Waals surface area contributed by atoms with Crippen molar-refractivity contribution >= 4 is 11.6 Å². The molecule has 1 unspecified atom stereocenters. The van der Waals surface area contributed by atoms with Gasteiger partial charge in [0.1, 0.15) is 30.1 Å². The van der Waals surface area contributed by atoms with Crippen LogP contribution in [0, 0.1) is 0 Å². The van der Waals surface area contributed by atoms with Crippen LogP contribution in [0.1, 0.15) is 46.0 Å². The van der Waals surface area contributed by atoms with Crippen molar-refractivity contribution in [3.8, 4) is 17.1 Å². The van der Waals surface area contributed by atoms with E-state index in [2.05, 4.69) is 29.8 Å². The third kappa shape index (κ3) is 6.85. The Bertz CT molecular complexity index is 793. The predicted octanol–water partition coefficient (Wildman–Crippen LogP) is 3.67. The fourth-order valence-corrected chi connectivity index (χ4v) is 3.69. The molecule has 0 bridgehead atoms. The predicted molar refractivity (Wildman–Crippen MR) is 122 cm³/mol. The van der Waals surface area contributed by atoms with E-state index in [0.717, 1.165) is 17.2 Å². The van der Waals surface area contributed by atoms with E-state index in [1.54, 1.807) is 7.05 Å². The number of aliphatic hydroxyl groups is 1. The van der Waals surface area contributed by atoms with Gasteiger partial charge in [-0.3, -0.25) is 0 Å². The van der Waals surface area contributed by atoms with Gasteiger partial charge in [0.05, 0.1) is 0 Å². The lowest BCUT2D eigenvalue weighted by molar-refractivity contribution is 0.108. The molecule has 2 aromatic rings. The first kappa shape index (κ1) is 22.3. The minimum atomic E-state index is -0.556. The highest BCUT2D eigenvalue weighted by Crippen LogP contribution is 2.26. The maximum absolute atomic E-state index is 9.88. The lowest BCUT2D eigenvalue weighted by atomic mass is 9.95. The van der Waals surface area contributed by atoms with E-state index in [-0.39, 0.29) is 12.6 Å². The van der Waals surface area contributed by atoms with E-state index in [1.807, 2.05) is 30.3 Å². The molecule has 1 fully saturated rings. The second kappa shape index (κ2) is 11.1. The molecule has 1 aliphatic carbocycles. The quantitative estimate of drug-likeness (QED) is 0.472. The van der Waals surface area contributed by atoms with Crippen molar-refractivity contribution in [3.63, 3.8) is 0 Å². The molecule has 1 atom stereocenters. The number of hydrogen-bond donors (Lipinski definition) is 4. The minimum Gasteiger partial charge on any atom is -0.491 e. The maximum Gasteiger partial charge on any atom is 0.163 e. The molecule has 0 saturated heterocycles. The summed E-state index contributed by atoms with van der Waals surface area (Å²) in [6, 6.07) is 10.4. The fourth-order valence-electron chi connectivity index (χ4n) is 3.69. The van der Waals surface area contributed by atoms with Gasteiger partial charge in [0.2, 0.25) is 0 Å². The monoisotopic (exact) mass is 413 g/mol. The van der Waals surface area contributed by atoms with Gasteiger partial charge in [-0.2, -0.15) is 0 Å². The second-order valence-corrected chi connectivity index (χ2v) is 8.29. The number of nitrogens with zero attached hydrogens (tertiary/aromatic N) is 2. The molecule has 1 aromatic carbocycles. The summed E-state index contributed by atoms with van der Waals surface area (Å²) in [5.74, 6) is 3.00. The summed E-state index contributed by atoms with van der Waals surface area (Å²) in [5, 5.41) is 19.8. The average molecular weight is 414 g/mol. The van der Waals surface area contributed by atoms with Gasteiger partial charge in [-0.15, -0.1) is 0 Å². The molecule has 1 aliphatic rings. The number of aromatic nitrogens is 2. The lowest BCUT2D eigenvalue weighted by Crippen LogP contribution is -2.29. The Morgan fingerprint density at radius 3 is 2.60 bits per heavy atom. The summed E-state index contributed by atoms with van der Waals surface area (Å²) in [6.07, 6.45) is 5.68. The zero-order valence-corrected chi connectivity index (χ0v) is 18.3. The molecule has 0 spiro atoms. The SMILES string of the molecule is CNCC(O)COc1cccc(-c2nc(NC(C)C)cc(NC3CCCCC3)n2)c1. The molecule has 164 valence electrons. The standard InChI is InChI=1S/C23H35N5O2/c1-16(2)25-21-13-22(26-18-9-5-4-6-10-18)28-23(27-21)17-8-7-11-20(12-17)30-15-19(29)14-24-3/h7-8,11-13,16,18-19,24,29H,4-6,9-10,14-15H2,1-3H3,(H2,25,26,27,28). The van der Waals surface area contributed by atoms with E-state index in [0.29, 0.717) is 24.2 Å². The first-order valence-electron chi connectivity index (χ1n) is 11.0. The van der Waals surface area contributed by atoms with E-state index in [1.165, 1.54) is 32.1 Å². The number of hydrogen-bond acceptors (Lipinski definition) is 7. The first-order valence-corrected chi connectivity index (χ1v) is 11.0. The highest BCUT2D eigenvalue weighted by atomic mass is 16.5. The summed E-state index contributed by atoms with van der Waals surface area (Å²) < 4.78 is 5.75. The topological polar surface area (TPSA) is 91.3 Å². The van der Waals surface area contributed by atoms with Gasteiger partial charge in [0, 0.05) is 30.3 Å². The van der Waals surface area contributed by atoms with Gasteiger partial charge >= 0.3 is 0 Å². The molecule has 1 heterocycles. The molecular formula is C23H35N5O2. The van der Waals surface area contributed by atoms with Crippen LogP contribution in [0.15, 0.2) is 30.3 Å². The summed E-state index contributed by atoms with van der Waals surface area (Å²) >= 11 is 0. The van der Waals surface area contributed by atoms with Gasteiger partial charge in [0.25, 0.3) is 0 Å². The Hall–Kier alpha value is -2.38. The van der Waals surface area contributed by atoms with Crippen LogP contribution in [0.25, 0.3) is 11.4 Å². The van der Waals surface area contributed by atoms with Crippen molar-refractivity contribution in [1.82, 2.24) is 15.3 Å². The Morgan fingerprint density at radius 2 is 1.87 bits per heavy atom. The number of benzene rings is 1. The first-order chi connectivity index (χ1) is 14.5. The van der Waals surface area contributed by atoms with Crippen LogP contribution in [-0.4, -0.2) is 53.5 Å². The maximum atomic E-state index is 9.88. The highest BCUT2D eigenvalue weighted by molar-refractivity contribution is 5.63. The average Bonchev–Trinajstić information content (AvgIpc) is 2.73. The highest BCUT2D eigenvalue weighted by Gasteiger charge is 2.16. The number of rotatable bonds is 10. The molecule has 0 amide bonds. The van der Waals surface area contributed by atoms with Crippen LogP contribution in [0.4, 0.5) is 11.6 Å². The molecule has 1 aromatic heterocycles. The molecule has 7 nitrogen and oxygen atoms in total. The number of anilines is 2. The number of aliphatic hydroxyl groups excluding tert-OH is 1. The summed E-state index contributed by atoms with van der Waals surface area (Å²) in [4.78, 5) is 9.52. The molecule has 1 saturated carbocycles. The molecule has 0 aliphatic heterocycles. The van der Waals surface area contributed by atoms with Crippen molar-refractivity contribution in [2.45, 2.75) is 64.1 Å². The number of nitrogens with one attached hydrogen (secondary N) is 3.